The maximum atomic E-state index is 5.13. The first-order valence-corrected chi connectivity index (χ1v) is 6.08. The van der Waals surface area contributed by atoms with E-state index in [1.165, 1.54) is 9.71 Å². The van der Waals surface area contributed by atoms with Gasteiger partial charge in [-0.2, -0.15) is 0 Å². The molecule has 0 saturated carbocycles. The quantitative estimate of drug-likeness (QED) is 0.770. The van der Waals surface area contributed by atoms with Gasteiger partial charge in [-0.05, 0) is 18.6 Å². The van der Waals surface area contributed by atoms with Crippen molar-refractivity contribution < 1.29 is 4.74 Å². The molecular formula is C12H17NOS. The second-order valence-electron chi connectivity index (χ2n) is 2.79. The summed E-state index contributed by atoms with van der Waals surface area (Å²) in [5.41, 5.74) is 1.04. The summed E-state index contributed by atoms with van der Waals surface area (Å²) >= 11 is 1.75. The zero-order valence-corrected chi connectivity index (χ0v) is 10.5. The summed E-state index contributed by atoms with van der Waals surface area (Å²) in [7, 11) is 1.67. The van der Waals surface area contributed by atoms with Gasteiger partial charge >= 0.3 is 0 Å². The Bertz CT molecular complexity index is 420. The molecule has 15 heavy (non-hydrogen) atoms. The number of aryl methyl sites for hydroxylation is 1. The fraction of sp³-hybridized carbons (Fsp3) is 0.417. The summed E-state index contributed by atoms with van der Waals surface area (Å²) in [5.74, 6) is 0.875. The van der Waals surface area contributed by atoms with Crippen LogP contribution in [-0.2, 0) is 6.42 Å². The van der Waals surface area contributed by atoms with E-state index in [2.05, 4.69) is 18.0 Å². The van der Waals surface area contributed by atoms with Gasteiger partial charge in [0.05, 0.1) is 22.3 Å². The predicted molar refractivity (Wildman–Crippen MR) is 66.9 cm³/mol. The van der Waals surface area contributed by atoms with Crippen molar-refractivity contribution >= 4 is 21.6 Å². The first-order valence-electron chi connectivity index (χ1n) is 5.27. The van der Waals surface area contributed by atoms with Gasteiger partial charge in [0.2, 0.25) is 0 Å². The number of benzene rings is 1. The maximum absolute atomic E-state index is 5.13. The van der Waals surface area contributed by atoms with E-state index in [9.17, 15) is 0 Å². The fourth-order valence-corrected chi connectivity index (χ4v) is 2.12. The minimum atomic E-state index is 0.875. The standard InChI is InChI=1S/C10H11NOS.C2H6/c1-3-10-11-8-6-7(12-2)4-5-9(8)13-10;1-2/h4-6H,3H2,1-2H3;1-2H3. The van der Waals surface area contributed by atoms with Gasteiger partial charge in [-0.3, -0.25) is 0 Å². The molecule has 0 spiro atoms. The molecule has 3 heteroatoms. The lowest BCUT2D eigenvalue weighted by molar-refractivity contribution is 0.415. The summed E-state index contributed by atoms with van der Waals surface area (Å²) in [6.45, 7) is 6.12. The molecule has 0 N–H and O–H groups in total. The summed E-state index contributed by atoms with van der Waals surface area (Å²) in [4.78, 5) is 4.48. The van der Waals surface area contributed by atoms with Gasteiger partial charge in [0.15, 0.2) is 0 Å². The predicted octanol–water partition coefficient (Wildman–Crippen LogP) is 3.89. The third-order valence-corrected chi connectivity index (χ3v) is 3.12. The molecule has 1 aromatic heterocycles. The van der Waals surface area contributed by atoms with Crippen molar-refractivity contribution in [1.82, 2.24) is 4.98 Å². The molecule has 82 valence electrons. The second kappa shape index (κ2) is 5.71. The first kappa shape index (κ1) is 12.0. The highest BCUT2D eigenvalue weighted by Gasteiger charge is 2.02. The van der Waals surface area contributed by atoms with Gasteiger partial charge in [-0.25, -0.2) is 4.98 Å². The van der Waals surface area contributed by atoms with Gasteiger partial charge in [-0.1, -0.05) is 20.8 Å². The Morgan fingerprint density at radius 2 is 2.07 bits per heavy atom. The van der Waals surface area contributed by atoms with E-state index >= 15 is 0 Å². The minimum Gasteiger partial charge on any atom is -0.497 e. The Hall–Kier alpha value is -1.09. The Morgan fingerprint density at radius 3 is 2.67 bits per heavy atom. The Morgan fingerprint density at radius 1 is 1.33 bits per heavy atom. The van der Waals surface area contributed by atoms with Crippen molar-refractivity contribution in [3.05, 3.63) is 23.2 Å². The van der Waals surface area contributed by atoms with Crippen LogP contribution < -0.4 is 4.74 Å². The summed E-state index contributed by atoms with van der Waals surface area (Å²) in [6.07, 6.45) is 1.00. The van der Waals surface area contributed by atoms with E-state index in [0.29, 0.717) is 0 Å². The smallest absolute Gasteiger partial charge is 0.121 e. The zero-order valence-electron chi connectivity index (χ0n) is 9.70. The van der Waals surface area contributed by atoms with Crippen molar-refractivity contribution in [3.8, 4) is 5.75 Å². The van der Waals surface area contributed by atoms with Crippen LogP contribution in [0.2, 0.25) is 0 Å². The number of aromatic nitrogens is 1. The molecule has 1 heterocycles. The van der Waals surface area contributed by atoms with Gasteiger partial charge in [-0.15, -0.1) is 11.3 Å². The highest BCUT2D eigenvalue weighted by atomic mass is 32.1. The SMILES string of the molecule is CC.CCc1nc2cc(OC)ccc2s1. The molecule has 0 aliphatic heterocycles. The third kappa shape index (κ3) is 2.69. The van der Waals surface area contributed by atoms with Crippen molar-refractivity contribution in [2.45, 2.75) is 27.2 Å². The average molecular weight is 223 g/mol. The maximum Gasteiger partial charge on any atom is 0.121 e. The molecule has 0 unspecified atom stereocenters. The molecule has 0 radical (unpaired) electrons. The van der Waals surface area contributed by atoms with Crippen LogP contribution in [0.3, 0.4) is 0 Å². The molecule has 0 fully saturated rings. The molecular weight excluding hydrogens is 206 g/mol. The normalized spacial score (nSPS) is 9.60. The molecule has 0 aliphatic carbocycles. The van der Waals surface area contributed by atoms with Gasteiger partial charge < -0.3 is 4.74 Å². The first-order chi connectivity index (χ1) is 7.33. The number of thiazole rings is 1. The Kier molecular flexibility index (Phi) is 4.56. The van der Waals surface area contributed by atoms with Crippen LogP contribution in [0.15, 0.2) is 18.2 Å². The van der Waals surface area contributed by atoms with Crippen LogP contribution in [0.1, 0.15) is 25.8 Å². The lowest BCUT2D eigenvalue weighted by Crippen LogP contribution is -1.81. The average Bonchev–Trinajstić information content (AvgIpc) is 2.73. The second-order valence-corrected chi connectivity index (χ2v) is 3.91. The minimum absolute atomic E-state index is 0.875. The molecule has 0 bridgehead atoms. The molecule has 2 aromatic rings. The lowest BCUT2D eigenvalue weighted by Gasteiger charge is -1.96. The number of hydrogen-bond donors (Lipinski definition) is 0. The van der Waals surface area contributed by atoms with Gasteiger partial charge in [0.1, 0.15) is 5.75 Å². The number of ether oxygens (including phenoxy) is 1. The van der Waals surface area contributed by atoms with Gasteiger partial charge in [0.25, 0.3) is 0 Å². The van der Waals surface area contributed by atoms with E-state index in [-0.39, 0.29) is 0 Å². The van der Waals surface area contributed by atoms with E-state index < -0.39 is 0 Å². The van der Waals surface area contributed by atoms with E-state index in [4.69, 9.17) is 4.74 Å². The highest BCUT2D eigenvalue weighted by molar-refractivity contribution is 7.18. The summed E-state index contributed by atoms with van der Waals surface area (Å²) in [6, 6.07) is 6.01. The molecule has 2 rings (SSSR count). The van der Waals surface area contributed by atoms with Crippen LogP contribution in [0.5, 0.6) is 5.75 Å². The van der Waals surface area contributed by atoms with Crippen LogP contribution >= 0.6 is 11.3 Å². The van der Waals surface area contributed by atoms with E-state index in [1.54, 1.807) is 18.4 Å². The van der Waals surface area contributed by atoms with Crippen LogP contribution in [0, 0.1) is 0 Å². The van der Waals surface area contributed by atoms with Crippen LogP contribution in [-0.4, -0.2) is 12.1 Å². The highest BCUT2D eigenvalue weighted by Crippen LogP contribution is 2.25. The number of fused-ring (bicyclic) bond motifs is 1. The summed E-state index contributed by atoms with van der Waals surface area (Å²) < 4.78 is 6.36. The van der Waals surface area contributed by atoms with Crippen LogP contribution in [0.25, 0.3) is 10.2 Å². The molecule has 0 saturated heterocycles. The molecule has 0 amide bonds. The lowest BCUT2D eigenvalue weighted by atomic mass is 10.3. The molecule has 0 atom stereocenters. The number of nitrogens with zero attached hydrogens (tertiary/aromatic N) is 1. The molecule has 1 aromatic carbocycles. The zero-order chi connectivity index (χ0) is 11.3. The number of methoxy groups -OCH3 is 1. The van der Waals surface area contributed by atoms with Gasteiger partial charge in [0, 0.05) is 6.07 Å². The third-order valence-electron chi connectivity index (χ3n) is 1.94. The number of rotatable bonds is 2. The van der Waals surface area contributed by atoms with E-state index in [1.807, 2.05) is 26.0 Å². The topological polar surface area (TPSA) is 22.1 Å². The monoisotopic (exact) mass is 223 g/mol. The van der Waals surface area contributed by atoms with Crippen molar-refractivity contribution in [2.24, 2.45) is 0 Å². The Labute approximate surface area is 94.9 Å². The van der Waals surface area contributed by atoms with E-state index in [0.717, 1.165) is 17.7 Å². The largest absolute Gasteiger partial charge is 0.497 e. The van der Waals surface area contributed by atoms with Crippen molar-refractivity contribution in [2.75, 3.05) is 7.11 Å². The number of hydrogen-bond acceptors (Lipinski definition) is 3. The fourth-order valence-electron chi connectivity index (χ4n) is 1.23. The van der Waals surface area contributed by atoms with Crippen LogP contribution in [0.4, 0.5) is 0 Å². The van der Waals surface area contributed by atoms with Crippen molar-refractivity contribution in [3.63, 3.8) is 0 Å². The molecule has 2 nitrogen and oxygen atoms in total. The summed E-state index contributed by atoms with van der Waals surface area (Å²) in [5, 5.41) is 1.18. The molecule has 0 aliphatic rings. The van der Waals surface area contributed by atoms with Crippen molar-refractivity contribution in [1.29, 1.82) is 0 Å². The Balaban J connectivity index is 0.000000531.